The molecule has 0 bridgehead atoms. The molecule has 0 radical (unpaired) electrons. The zero-order valence-electron chi connectivity index (χ0n) is 20.0. The summed E-state index contributed by atoms with van der Waals surface area (Å²) in [6.45, 7) is 4.75. The molecule has 2 aromatic heterocycles. The molecule has 1 aliphatic rings. The van der Waals surface area contributed by atoms with E-state index in [2.05, 4.69) is 12.2 Å². The lowest BCUT2D eigenvalue weighted by Crippen LogP contribution is -2.23. The fourth-order valence-electron chi connectivity index (χ4n) is 4.41. The van der Waals surface area contributed by atoms with Crippen LogP contribution in [0.3, 0.4) is 0 Å². The summed E-state index contributed by atoms with van der Waals surface area (Å²) < 4.78 is 7.20. The number of carbonyl (C=O) groups excluding carboxylic acids is 1. The Hall–Kier alpha value is -2.81. The molecule has 9 heteroatoms. The third-order valence-corrected chi connectivity index (χ3v) is 8.50. The van der Waals surface area contributed by atoms with Crippen molar-refractivity contribution < 1.29 is 9.53 Å². The van der Waals surface area contributed by atoms with E-state index < -0.39 is 0 Å². The maximum Gasteiger partial charge on any atom is 0.267 e. The van der Waals surface area contributed by atoms with Gasteiger partial charge in [-0.2, -0.15) is 0 Å². The number of fused-ring (bicyclic) bond motifs is 3. The van der Waals surface area contributed by atoms with E-state index in [1.807, 2.05) is 31.2 Å². The minimum atomic E-state index is -0.186. The van der Waals surface area contributed by atoms with Crippen molar-refractivity contribution in [3.63, 3.8) is 0 Å². The fraction of sp³-hybridized carbons (Fsp3) is 0.296. The molecule has 186 valence electrons. The molecule has 1 amide bonds. The van der Waals surface area contributed by atoms with Gasteiger partial charge in [0, 0.05) is 15.6 Å². The highest BCUT2D eigenvalue weighted by Crippen LogP contribution is 2.37. The van der Waals surface area contributed by atoms with Gasteiger partial charge in [0.2, 0.25) is 5.91 Å². The topological polar surface area (TPSA) is 73.2 Å². The van der Waals surface area contributed by atoms with Gasteiger partial charge in [-0.25, -0.2) is 4.98 Å². The van der Waals surface area contributed by atoms with Crippen molar-refractivity contribution in [2.24, 2.45) is 5.92 Å². The Kier molecular flexibility index (Phi) is 7.37. The smallest absolute Gasteiger partial charge is 0.267 e. The molecule has 0 spiro atoms. The van der Waals surface area contributed by atoms with Crippen molar-refractivity contribution in [3.05, 3.63) is 74.3 Å². The zero-order chi connectivity index (χ0) is 25.2. The number of nitrogens with one attached hydrogen (secondary N) is 1. The number of hydrogen-bond donors (Lipinski definition) is 1. The summed E-state index contributed by atoms with van der Waals surface area (Å²) in [5.41, 5.74) is 2.42. The number of thioether (sulfide) groups is 1. The van der Waals surface area contributed by atoms with Crippen molar-refractivity contribution in [1.29, 1.82) is 0 Å². The Morgan fingerprint density at radius 2 is 1.97 bits per heavy atom. The lowest BCUT2D eigenvalue weighted by atomic mass is 9.89. The number of benzene rings is 2. The summed E-state index contributed by atoms with van der Waals surface area (Å²) in [5.74, 6) is 1.26. The third-order valence-electron chi connectivity index (χ3n) is 6.16. The van der Waals surface area contributed by atoms with Crippen LogP contribution in [0.25, 0.3) is 15.9 Å². The molecule has 1 aliphatic carbocycles. The standard InChI is InChI=1S/C27H26ClN3O3S2/c1-3-34-20-11-9-19(10-12-20)31-26(33)24-21-13-4-16(2)14-22(21)36-25(24)30-27(31)35-15-23(32)29-18-7-5-17(28)6-8-18/h5-12,16H,3-4,13-15H2,1-2H3,(H,29,32). The number of aromatic nitrogens is 2. The molecule has 0 fully saturated rings. The number of anilines is 1. The molecule has 1 unspecified atom stereocenters. The Bertz CT molecular complexity index is 1460. The van der Waals surface area contributed by atoms with E-state index in [0.717, 1.165) is 35.4 Å². The van der Waals surface area contributed by atoms with Crippen LogP contribution in [-0.2, 0) is 17.6 Å². The largest absolute Gasteiger partial charge is 0.494 e. The minimum Gasteiger partial charge on any atom is -0.494 e. The highest BCUT2D eigenvalue weighted by atomic mass is 35.5. The summed E-state index contributed by atoms with van der Waals surface area (Å²) in [5, 5.41) is 4.68. The van der Waals surface area contributed by atoms with Crippen LogP contribution in [0.5, 0.6) is 5.75 Å². The molecular weight excluding hydrogens is 514 g/mol. The van der Waals surface area contributed by atoms with Gasteiger partial charge in [-0.1, -0.05) is 30.3 Å². The minimum absolute atomic E-state index is 0.0863. The van der Waals surface area contributed by atoms with Crippen LogP contribution in [0.15, 0.2) is 58.5 Å². The van der Waals surface area contributed by atoms with Gasteiger partial charge in [-0.3, -0.25) is 14.2 Å². The average molecular weight is 540 g/mol. The SMILES string of the molecule is CCOc1ccc(-n2c(SCC(=O)Nc3ccc(Cl)cc3)nc3sc4c(c3c2=O)CCC(C)C4)cc1. The van der Waals surface area contributed by atoms with Crippen LogP contribution in [-0.4, -0.2) is 27.8 Å². The summed E-state index contributed by atoms with van der Waals surface area (Å²) in [4.78, 5) is 33.5. The predicted octanol–water partition coefficient (Wildman–Crippen LogP) is 6.35. The van der Waals surface area contributed by atoms with Crippen LogP contribution in [0, 0.1) is 5.92 Å². The summed E-state index contributed by atoms with van der Waals surface area (Å²) in [6.07, 6.45) is 2.94. The third kappa shape index (κ3) is 5.16. The van der Waals surface area contributed by atoms with Crippen molar-refractivity contribution in [1.82, 2.24) is 9.55 Å². The molecule has 36 heavy (non-hydrogen) atoms. The van der Waals surface area contributed by atoms with E-state index in [-0.39, 0.29) is 17.2 Å². The highest BCUT2D eigenvalue weighted by molar-refractivity contribution is 7.99. The molecule has 2 aromatic carbocycles. The summed E-state index contributed by atoms with van der Waals surface area (Å²) in [6, 6.07) is 14.4. The number of hydrogen-bond acceptors (Lipinski definition) is 6. The van der Waals surface area contributed by atoms with E-state index in [4.69, 9.17) is 21.3 Å². The maximum atomic E-state index is 13.9. The first-order valence-corrected chi connectivity index (χ1v) is 14.1. The molecule has 1 atom stereocenters. The van der Waals surface area contributed by atoms with Crippen molar-refractivity contribution in [2.45, 2.75) is 38.3 Å². The molecule has 1 N–H and O–H groups in total. The number of carbonyl (C=O) groups is 1. The van der Waals surface area contributed by atoms with Gasteiger partial charge in [0.05, 0.1) is 23.4 Å². The first-order valence-electron chi connectivity index (χ1n) is 11.9. The van der Waals surface area contributed by atoms with Gasteiger partial charge in [-0.15, -0.1) is 11.3 Å². The van der Waals surface area contributed by atoms with E-state index in [9.17, 15) is 9.59 Å². The second-order valence-corrected chi connectivity index (χ2v) is 11.3. The van der Waals surface area contributed by atoms with Crippen molar-refractivity contribution in [3.8, 4) is 11.4 Å². The first kappa shape index (κ1) is 24.9. The molecule has 0 saturated heterocycles. The van der Waals surface area contributed by atoms with Gasteiger partial charge in [0.15, 0.2) is 5.16 Å². The second kappa shape index (κ2) is 10.7. The number of nitrogens with zero attached hydrogens (tertiary/aromatic N) is 2. The number of rotatable bonds is 7. The normalized spacial score (nSPS) is 15.0. The van der Waals surface area contributed by atoms with Gasteiger partial charge >= 0.3 is 0 Å². The van der Waals surface area contributed by atoms with Crippen LogP contribution >= 0.6 is 34.7 Å². The number of amides is 1. The summed E-state index contributed by atoms with van der Waals surface area (Å²) in [7, 11) is 0. The molecule has 2 heterocycles. The van der Waals surface area contributed by atoms with E-state index in [0.29, 0.717) is 39.5 Å². The highest BCUT2D eigenvalue weighted by Gasteiger charge is 2.25. The number of halogens is 1. The molecule has 4 aromatic rings. The van der Waals surface area contributed by atoms with Crippen LogP contribution < -0.4 is 15.6 Å². The molecule has 5 rings (SSSR count). The number of thiophene rings is 1. The number of aryl methyl sites for hydroxylation is 1. The quantitative estimate of drug-likeness (QED) is 0.219. The Morgan fingerprint density at radius 1 is 1.22 bits per heavy atom. The van der Waals surface area contributed by atoms with Gasteiger partial charge in [0.1, 0.15) is 10.6 Å². The van der Waals surface area contributed by atoms with E-state index >= 15 is 0 Å². The van der Waals surface area contributed by atoms with Gasteiger partial charge in [0.25, 0.3) is 5.56 Å². The van der Waals surface area contributed by atoms with E-state index in [1.165, 1.54) is 16.6 Å². The Labute approximate surface area is 222 Å². The summed E-state index contributed by atoms with van der Waals surface area (Å²) >= 11 is 8.80. The Balaban J connectivity index is 1.51. The van der Waals surface area contributed by atoms with E-state index in [1.54, 1.807) is 40.2 Å². The van der Waals surface area contributed by atoms with Crippen molar-refractivity contribution in [2.75, 3.05) is 17.7 Å². The monoisotopic (exact) mass is 539 g/mol. The Morgan fingerprint density at radius 3 is 2.69 bits per heavy atom. The number of ether oxygens (including phenoxy) is 1. The lowest BCUT2D eigenvalue weighted by molar-refractivity contribution is -0.113. The van der Waals surface area contributed by atoms with Crippen LogP contribution in [0.1, 0.15) is 30.7 Å². The second-order valence-electron chi connectivity index (χ2n) is 8.84. The molecular formula is C27H26ClN3O3S2. The average Bonchev–Trinajstić information content (AvgIpc) is 3.22. The fourth-order valence-corrected chi connectivity index (χ4v) is 6.78. The van der Waals surface area contributed by atoms with Gasteiger partial charge in [-0.05, 0) is 86.2 Å². The van der Waals surface area contributed by atoms with Gasteiger partial charge < -0.3 is 10.1 Å². The van der Waals surface area contributed by atoms with Crippen LogP contribution in [0.4, 0.5) is 5.69 Å². The molecule has 0 saturated carbocycles. The first-order chi connectivity index (χ1) is 17.4. The van der Waals surface area contributed by atoms with Crippen molar-refractivity contribution >= 4 is 56.5 Å². The molecule has 0 aliphatic heterocycles. The predicted molar refractivity (Wildman–Crippen MR) is 148 cm³/mol. The lowest BCUT2D eigenvalue weighted by Gasteiger charge is -2.18. The zero-order valence-corrected chi connectivity index (χ0v) is 22.4. The van der Waals surface area contributed by atoms with Crippen LogP contribution in [0.2, 0.25) is 5.02 Å². The molecule has 6 nitrogen and oxygen atoms in total. The maximum absolute atomic E-state index is 13.9.